The summed E-state index contributed by atoms with van der Waals surface area (Å²) in [6.07, 6.45) is 0.322. The number of nitrogens with zero attached hydrogens (tertiary/aromatic N) is 1. The number of amides is 1. The Kier molecular flexibility index (Phi) is 5.35. The molecule has 6 nitrogen and oxygen atoms in total. The fraction of sp³-hybridized carbons (Fsp3) is 0.308. The minimum Gasteiger partial charge on any atom is -0.508 e. The maximum Gasteiger partial charge on any atom is 0.328 e. The van der Waals surface area contributed by atoms with Crippen LogP contribution in [0.4, 0.5) is 0 Å². The number of phenolic OH excluding ortho intramolecular Hbond substituents is 1. The van der Waals surface area contributed by atoms with Crippen molar-refractivity contribution in [2.24, 2.45) is 0 Å². The van der Waals surface area contributed by atoms with Gasteiger partial charge in [-0.25, -0.2) is 4.79 Å². The molecule has 0 saturated carbocycles. The van der Waals surface area contributed by atoms with Gasteiger partial charge < -0.3 is 15.2 Å². The molecule has 1 aromatic carbocycles. The van der Waals surface area contributed by atoms with E-state index < -0.39 is 17.9 Å². The predicted octanol–water partition coefficient (Wildman–Crippen LogP) is 0.967. The highest BCUT2D eigenvalue weighted by Crippen LogP contribution is 2.10. The zero-order valence-electron chi connectivity index (χ0n) is 10.4. The standard InChI is InChI=1S/C13H14N2O4/c1-19-13(18)11(3-2-8-14)15-12(17)9-4-6-10(16)7-5-9/h4-7,11,16H,2-3H2,1H3,(H,15,17)/t11-/m1/s1. The van der Waals surface area contributed by atoms with E-state index in [2.05, 4.69) is 10.1 Å². The van der Waals surface area contributed by atoms with Crippen LogP contribution in [0.15, 0.2) is 24.3 Å². The number of rotatable bonds is 5. The first-order valence-corrected chi connectivity index (χ1v) is 5.63. The maximum absolute atomic E-state index is 11.9. The van der Waals surface area contributed by atoms with Crippen LogP contribution < -0.4 is 5.32 Å². The van der Waals surface area contributed by atoms with Crippen molar-refractivity contribution < 1.29 is 19.4 Å². The van der Waals surface area contributed by atoms with Crippen LogP contribution >= 0.6 is 0 Å². The first kappa shape index (κ1) is 14.5. The van der Waals surface area contributed by atoms with Crippen molar-refractivity contribution in [1.82, 2.24) is 5.32 Å². The fourth-order valence-corrected chi connectivity index (χ4v) is 1.45. The highest BCUT2D eigenvalue weighted by molar-refractivity contribution is 5.96. The van der Waals surface area contributed by atoms with Crippen molar-refractivity contribution in [2.75, 3.05) is 7.11 Å². The summed E-state index contributed by atoms with van der Waals surface area (Å²) >= 11 is 0. The van der Waals surface area contributed by atoms with Crippen LogP contribution in [0, 0.1) is 11.3 Å². The summed E-state index contributed by atoms with van der Waals surface area (Å²) in [6.45, 7) is 0. The predicted molar refractivity (Wildman–Crippen MR) is 66.2 cm³/mol. The van der Waals surface area contributed by atoms with E-state index in [1.165, 1.54) is 31.4 Å². The number of ether oxygens (including phenoxy) is 1. The third-order valence-corrected chi connectivity index (χ3v) is 2.47. The zero-order valence-corrected chi connectivity index (χ0v) is 10.4. The van der Waals surface area contributed by atoms with Gasteiger partial charge in [0.05, 0.1) is 13.2 Å². The van der Waals surface area contributed by atoms with Crippen LogP contribution in [-0.2, 0) is 9.53 Å². The first-order valence-electron chi connectivity index (χ1n) is 5.63. The Hall–Kier alpha value is -2.55. The second-order valence-corrected chi connectivity index (χ2v) is 3.79. The summed E-state index contributed by atoms with van der Waals surface area (Å²) in [7, 11) is 1.22. The lowest BCUT2D eigenvalue weighted by Crippen LogP contribution is -2.41. The van der Waals surface area contributed by atoms with Gasteiger partial charge in [-0.05, 0) is 30.7 Å². The molecule has 6 heteroatoms. The number of hydrogen-bond donors (Lipinski definition) is 2. The molecule has 1 rings (SSSR count). The first-order chi connectivity index (χ1) is 9.08. The van der Waals surface area contributed by atoms with Gasteiger partial charge in [-0.1, -0.05) is 0 Å². The van der Waals surface area contributed by atoms with Gasteiger partial charge in [0.25, 0.3) is 5.91 Å². The summed E-state index contributed by atoms with van der Waals surface area (Å²) in [6, 6.07) is 6.66. The minimum absolute atomic E-state index is 0.0468. The molecular formula is C13H14N2O4. The van der Waals surface area contributed by atoms with Crippen molar-refractivity contribution in [3.05, 3.63) is 29.8 Å². The largest absolute Gasteiger partial charge is 0.508 e. The molecule has 0 spiro atoms. The van der Waals surface area contributed by atoms with E-state index in [1.54, 1.807) is 0 Å². The van der Waals surface area contributed by atoms with Crippen LogP contribution in [0.3, 0.4) is 0 Å². The Morgan fingerprint density at radius 2 is 2.05 bits per heavy atom. The van der Waals surface area contributed by atoms with E-state index in [9.17, 15) is 9.59 Å². The van der Waals surface area contributed by atoms with Crippen molar-refractivity contribution in [3.63, 3.8) is 0 Å². The molecule has 1 amide bonds. The number of carbonyl (C=O) groups is 2. The summed E-state index contributed by atoms with van der Waals surface area (Å²) in [5.41, 5.74) is 0.309. The average Bonchev–Trinajstić information content (AvgIpc) is 2.43. The molecule has 0 saturated heterocycles. The summed E-state index contributed by atoms with van der Waals surface area (Å²) in [5, 5.41) is 20.1. The van der Waals surface area contributed by atoms with E-state index in [4.69, 9.17) is 10.4 Å². The highest BCUT2D eigenvalue weighted by atomic mass is 16.5. The van der Waals surface area contributed by atoms with Crippen molar-refractivity contribution >= 4 is 11.9 Å². The van der Waals surface area contributed by atoms with Gasteiger partial charge in [-0.2, -0.15) is 5.26 Å². The molecule has 0 aliphatic carbocycles. The molecule has 0 radical (unpaired) electrons. The summed E-state index contributed by atoms with van der Waals surface area (Å²) in [4.78, 5) is 23.3. The quantitative estimate of drug-likeness (QED) is 0.770. The lowest BCUT2D eigenvalue weighted by atomic mass is 10.1. The molecule has 2 N–H and O–H groups in total. The molecule has 19 heavy (non-hydrogen) atoms. The Bertz CT molecular complexity index is 490. The molecule has 0 aliphatic rings. The molecule has 0 fully saturated rings. The number of nitrogens with one attached hydrogen (secondary N) is 1. The lowest BCUT2D eigenvalue weighted by Gasteiger charge is -2.15. The second kappa shape index (κ2) is 7.01. The fourth-order valence-electron chi connectivity index (χ4n) is 1.45. The molecule has 1 atom stereocenters. The maximum atomic E-state index is 11.9. The molecule has 0 aromatic heterocycles. The van der Waals surface area contributed by atoms with Gasteiger partial charge >= 0.3 is 5.97 Å². The van der Waals surface area contributed by atoms with E-state index in [0.29, 0.717) is 5.56 Å². The van der Waals surface area contributed by atoms with E-state index in [1.807, 2.05) is 6.07 Å². The number of carbonyl (C=O) groups excluding carboxylic acids is 2. The smallest absolute Gasteiger partial charge is 0.328 e. The SMILES string of the molecule is COC(=O)[C@@H](CCC#N)NC(=O)c1ccc(O)cc1. The summed E-state index contributed by atoms with van der Waals surface area (Å²) < 4.78 is 4.56. The Labute approximate surface area is 110 Å². The van der Waals surface area contributed by atoms with Crippen molar-refractivity contribution in [3.8, 4) is 11.8 Å². The van der Waals surface area contributed by atoms with Gasteiger partial charge in [-0.15, -0.1) is 0 Å². The van der Waals surface area contributed by atoms with Gasteiger partial charge in [0.1, 0.15) is 11.8 Å². The number of hydrogen-bond acceptors (Lipinski definition) is 5. The molecule has 0 bridgehead atoms. The Morgan fingerprint density at radius 1 is 1.42 bits per heavy atom. The molecular weight excluding hydrogens is 248 g/mol. The lowest BCUT2D eigenvalue weighted by molar-refractivity contribution is -0.143. The average molecular weight is 262 g/mol. The number of methoxy groups -OCH3 is 1. The number of esters is 1. The number of benzene rings is 1. The van der Waals surface area contributed by atoms with Gasteiger partial charge in [-0.3, -0.25) is 4.79 Å². The van der Waals surface area contributed by atoms with E-state index in [0.717, 1.165) is 0 Å². The topological polar surface area (TPSA) is 99.4 Å². The molecule has 0 heterocycles. The van der Waals surface area contributed by atoms with Crippen molar-refractivity contribution in [1.29, 1.82) is 5.26 Å². The monoisotopic (exact) mass is 262 g/mol. The van der Waals surface area contributed by atoms with E-state index >= 15 is 0 Å². The minimum atomic E-state index is -0.856. The van der Waals surface area contributed by atoms with Crippen molar-refractivity contribution in [2.45, 2.75) is 18.9 Å². The van der Waals surface area contributed by atoms with Crippen LogP contribution in [-0.4, -0.2) is 30.1 Å². The number of phenols is 1. The Morgan fingerprint density at radius 3 is 2.58 bits per heavy atom. The van der Waals surface area contributed by atoms with Crippen LogP contribution in [0.2, 0.25) is 0 Å². The number of aromatic hydroxyl groups is 1. The van der Waals surface area contributed by atoms with Crippen LogP contribution in [0.5, 0.6) is 5.75 Å². The second-order valence-electron chi connectivity index (χ2n) is 3.79. The molecule has 100 valence electrons. The molecule has 1 aromatic rings. The normalized spacial score (nSPS) is 11.2. The third-order valence-electron chi connectivity index (χ3n) is 2.47. The third kappa shape index (κ3) is 4.32. The Balaban J connectivity index is 2.73. The van der Waals surface area contributed by atoms with Gasteiger partial charge in [0.2, 0.25) is 0 Å². The van der Waals surface area contributed by atoms with Crippen LogP contribution in [0.1, 0.15) is 23.2 Å². The van der Waals surface area contributed by atoms with E-state index in [-0.39, 0.29) is 18.6 Å². The van der Waals surface area contributed by atoms with Crippen LogP contribution in [0.25, 0.3) is 0 Å². The molecule has 0 unspecified atom stereocenters. The zero-order chi connectivity index (χ0) is 14.3. The highest BCUT2D eigenvalue weighted by Gasteiger charge is 2.21. The van der Waals surface area contributed by atoms with Gasteiger partial charge in [0.15, 0.2) is 0 Å². The summed E-state index contributed by atoms with van der Waals surface area (Å²) in [5.74, 6) is -1.01. The van der Waals surface area contributed by atoms with Gasteiger partial charge in [0, 0.05) is 12.0 Å². The number of nitriles is 1. The molecule has 0 aliphatic heterocycles.